The van der Waals surface area contributed by atoms with Gasteiger partial charge in [0.2, 0.25) is 0 Å². The van der Waals surface area contributed by atoms with E-state index in [4.69, 9.17) is 4.98 Å². The minimum atomic E-state index is -0.190. The molecule has 5 rings (SSSR count). The molecule has 26 heavy (non-hydrogen) atoms. The van der Waals surface area contributed by atoms with Gasteiger partial charge in [0.1, 0.15) is 11.6 Å². The van der Waals surface area contributed by atoms with E-state index in [-0.39, 0.29) is 5.82 Å². The highest BCUT2D eigenvalue weighted by molar-refractivity contribution is 7.15. The summed E-state index contributed by atoms with van der Waals surface area (Å²) in [5.74, 6) is 1.48. The molecule has 132 valence electrons. The van der Waals surface area contributed by atoms with Crippen molar-refractivity contribution in [1.82, 2.24) is 14.9 Å². The zero-order valence-corrected chi connectivity index (χ0v) is 15.3. The lowest BCUT2D eigenvalue weighted by atomic mass is 10.1. The Bertz CT molecular complexity index is 931. The van der Waals surface area contributed by atoms with Gasteiger partial charge in [0.05, 0.1) is 0 Å². The zero-order valence-electron chi connectivity index (χ0n) is 14.5. The zero-order chi connectivity index (χ0) is 17.5. The molecule has 0 radical (unpaired) electrons. The van der Waals surface area contributed by atoms with Crippen LogP contribution in [-0.2, 0) is 19.5 Å². The van der Waals surface area contributed by atoms with Gasteiger partial charge in [-0.1, -0.05) is 12.1 Å². The Morgan fingerprint density at radius 1 is 1.12 bits per heavy atom. The van der Waals surface area contributed by atoms with E-state index in [1.54, 1.807) is 11.3 Å². The third-order valence-corrected chi connectivity index (χ3v) is 6.26. The van der Waals surface area contributed by atoms with Gasteiger partial charge < -0.3 is 0 Å². The minimum absolute atomic E-state index is 0.190. The van der Waals surface area contributed by atoms with Crippen molar-refractivity contribution in [3.63, 3.8) is 0 Å². The first-order valence-corrected chi connectivity index (χ1v) is 9.98. The van der Waals surface area contributed by atoms with Crippen LogP contribution in [0.25, 0.3) is 10.4 Å². The van der Waals surface area contributed by atoms with E-state index < -0.39 is 0 Å². The summed E-state index contributed by atoms with van der Waals surface area (Å²) < 4.78 is 13.1. The van der Waals surface area contributed by atoms with E-state index in [0.29, 0.717) is 5.92 Å². The number of hydrogen-bond acceptors (Lipinski definition) is 4. The van der Waals surface area contributed by atoms with E-state index in [0.717, 1.165) is 37.4 Å². The SMILES string of the molecule is Fc1ccc(-c2ccc(CN3CCc4nc(C5CC5)ncc4C3)s2)cc1. The molecule has 0 atom stereocenters. The standard InChI is InChI=1S/C21H20FN3S/c22-17-5-3-14(4-6-17)20-8-7-18(26-20)13-25-10-9-19-16(12-25)11-23-21(24-19)15-1-2-15/h3-8,11,15H,1-2,9-10,12-13H2. The molecule has 1 aliphatic heterocycles. The first-order chi connectivity index (χ1) is 12.7. The topological polar surface area (TPSA) is 29.0 Å². The highest BCUT2D eigenvalue weighted by Crippen LogP contribution is 2.38. The summed E-state index contributed by atoms with van der Waals surface area (Å²) in [5, 5.41) is 0. The number of nitrogens with zero attached hydrogens (tertiary/aromatic N) is 3. The number of benzene rings is 1. The highest BCUT2D eigenvalue weighted by atomic mass is 32.1. The first kappa shape index (κ1) is 16.1. The fourth-order valence-corrected chi connectivity index (χ4v) is 4.57. The van der Waals surface area contributed by atoms with Crippen molar-refractivity contribution >= 4 is 11.3 Å². The van der Waals surface area contributed by atoms with Gasteiger partial charge in [0.15, 0.2) is 0 Å². The third kappa shape index (κ3) is 3.29. The van der Waals surface area contributed by atoms with E-state index in [1.165, 1.54) is 46.0 Å². The van der Waals surface area contributed by atoms with Crippen LogP contribution in [0.4, 0.5) is 4.39 Å². The molecule has 2 aromatic heterocycles. The summed E-state index contributed by atoms with van der Waals surface area (Å²) in [5.41, 5.74) is 3.60. The van der Waals surface area contributed by atoms with Crippen molar-refractivity contribution in [2.75, 3.05) is 6.54 Å². The Hall–Kier alpha value is -2.11. The normalized spacial score (nSPS) is 17.3. The maximum atomic E-state index is 13.1. The van der Waals surface area contributed by atoms with Crippen LogP contribution in [0.1, 0.15) is 40.7 Å². The molecule has 0 unspecified atom stereocenters. The molecule has 3 heterocycles. The van der Waals surface area contributed by atoms with E-state index in [9.17, 15) is 4.39 Å². The number of thiophene rings is 1. The van der Waals surface area contributed by atoms with Crippen molar-refractivity contribution < 1.29 is 4.39 Å². The Morgan fingerprint density at radius 2 is 1.96 bits per heavy atom. The number of rotatable bonds is 4. The summed E-state index contributed by atoms with van der Waals surface area (Å²) in [6, 6.07) is 11.0. The number of fused-ring (bicyclic) bond motifs is 1. The second-order valence-electron chi connectivity index (χ2n) is 7.21. The quantitative estimate of drug-likeness (QED) is 0.666. The van der Waals surface area contributed by atoms with Crippen molar-refractivity contribution in [2.45, 2.75) is 38.3 Å². The summed E-state index contributed by atoms with van der Waals surface area (Å²) >= 11 is 1.79. The molecule has 0 amide bonds. The van der Waals surface area contributed by atoms with Crippen LogP contribution in [0.15, 0.2) is 42.6 Å². The summed E-state index contributed by atoms with van der Waals surface area (Å²) in [7, 11) is 0. The van der Waals surface area contributed by atoms with E-state index in [2.05, 4.69) is 22.0 Å². The van der Waals surface area contributed by atoms with Gasteiger partial charge in [-0.15, -0.1) is 11.3 Å². The lowest BCUT2D eigenvalue weighted by molar-refractivity contribution is 0.244. The number of hydrogen-bond donors (Lipinski definition) is 0. The van der Waals surface area contributed by atoms with Gasteiger partial charge in [-0.05, 0) is 42.7 Å². The molecule has 0 spiro atoms. The van der Waals surface area contributed by atoms with Crippen LogP contribution in [0, 0.1) is 5.82 Å². The monoisotopic (exact) mass is 365 g/mol. The maximum absolute atomic E-state index is 13.1. The van der Waals surface area contributed by atoms with Crippen LogP contribution in [0.2, 0.25) is 0 Å². The molecule has 1 fully saturated rings. The molecule has 1 saturated carbocycles. The fraction of sp³-hybridized carbons (Fsp3) is 0.333. The molecule has 0 saturated heterocycles. The Balaban J connectivity index is 1.28. The molecule has 0 N–H and O–H groups in total. The van der Waals surface area contributed by atoms with Crippen molar-refractivity contribution in [3.8, 4) is 10.4 Å². The Labute approximate surface area is 156 Å². The lowest BCUT2D eigenvalue weighted by Gasteiger charge is -2.27. The predicted molar refractivity (Wildman–Crippen MR) is 102 cm³/mol. The van der Waals surface area contributed by atoms with Gasteiger partial charge in [0.25, 0.3) is 0 Å². The van der Waals surface area contributed by atoms with Gasteiger partial charge >= 0.3 is 0 Å². The molecule has 2 aliphatic rings. The molecular weight excluding hydrogens is 345 g/mol. The van der Waals surface area contributed by atoms with Gasteiger partial charge in [-0.3, -0.25) is 4.90 Å². The van der Waals surface area contributed by atoms with Gasteiger partial charge in [-0.25, -0.2) is 14.4 Å². The molecule has 1 aliphatic carbocycles. The summed E-state index contributed by atoms with van der Waals surface area (Å²) in [6.45, 7) is 2.90. The van der Waals surface area contributed by atoms with Gasteiger partial charge in [0, 0.05) is 59.2 Å². The van der Waals surface area contributed by atoms with Crippen LogP contribution in [0.5, 0.6) is 0 Å². The summed E-state index contributed by atoms with van der Waals surface area (Å²) in [4.78, 5) is 14.4. The van der Waals surface area contributed by atoms with Gasteiger partial charge in [-0.2, -0.15) is 0 Å². The molecule has 3 aromatic rings. The molecule has 1 aromatic carbocycles. The molecule has 0 bridgehead atoms. The Kier molecular flexibility index (Phi) is 4.06. The number of aromatic nitrogens is 2. The predicted octanol–water partition coefficient (Wildman–Crippen LogP) is 4.78. The average molecular weight is 365 g/mol. The van der Waals surface area contributed by atoms with Crippen LogP contribution >= 0.6 is 11.3 Å². The Morgan fingerprint density at radius 3 is 2.77 bits per heavy atom. The smallest absolute Gasteiger partial charge is 0.131 e. The van der Waals surface area contributed by atoms with Crippen LogP contribution < -0.4 is 0 Å². The van der Waals surface area contributed by atoms with E-state index in [1.807, 2.05) is 18.3 Å². The molecular formula is C21H20FN3S. The maximum Gasteiger partial charge on any atom is 0.131 e. The second kappa shape index (κ2) is 6.56. The fourth-order valence-electron chi connectivity index (χ4n) is 3.52. The lowest BCUT2D eigenvalue weighted by Crippen LogP contribution is -2.30. The molecule has 5 heteroatoms. The van der Waals surface area contributed by atoms with Crippen LogP contribution in [0.3, 0.4) is 0 Å². The first-order valence-electron chi connectivity index (χ1n) is 9.16. The van der Waals surface area contributed by atoms with Crippen molar-refractivity contribution in [3.05, 3.63) is 70.4 Å². The van der Waals surface area contributed by atoms with Crippen LogP contribution in [-0.4, -0.2) is 21.4 Å². The average Bonchev–Trinajstić information content (AvgIpc) is 3.41. The van der Waals surface area contributed by atoms with E-state index >= 15 is 0 Å². The number of halogens is 1. The van der Waals surface area contributed by atoms with Crippen molar-refractivity contribution in [2.24, 2.45) is 0 Å². The summed E-state index contributed by atoms with van der Waals surface area (Å²) in [6.07, 6.45) is 5.55. The molecule has 3 nitrogen and oxygen atoms in total. The third-order valence-electron chi connectivity index (χ3n) is 5.14. The second-order valence-corrected chi connectivity index (χ2v) is 8.38. The minimum Gasteiger partial charge on any atom is -0.293 e. The van der Waals surface area contributed by atoms with Crippen molar-refractivity contribution in [1.29, 1.82) is 0 Å². The highest BCUT2D eigenvalue weighted by Gasteiger charge is 2.28. The largest absolute Gasteiger partial charge is 0.293 e.